The van der Waals surface area contributed by atoms with Crippen LogP contribution in [0.2, 0.25) is 0 Å². The van der Waals surface area contributed by atoms with Gasteiger partial charge in [-0.25, -0.2) is 4.79 Å². The van der Waals surface area contributed by atoms with Gasteiger partial charge in [-0.1, -0.05) is 0 Å². The van der Waals surface area contributed by atoms with Crippen LogP contribution in [-0.4, -0.2) is 79.6 Å². The molecule has 3 rings (SSSR count). The summed E-state index contributed by atoms with van der Waals surface area (Å²) in [6, 6.07) is -0.00711. The summed E-state index contributed by atoms with van der Waals surface area (Å²) in [6.07, 6.45) is 3.43. The molecule has 0 radical (unpaired) electrons. The number of morpholine rings is 1. The Hall–Kier alpha value is -0.500. The zero-order chi connectivity index (χ0) is 16.1. The Balaban J connectivity index is 1.49. The lowest BCUT2D eigenvalue weighted by Gasteiger charge is -2.43. The number of thioether (sulfide) groups is 1. The fourth-order valence-corrected chi connectivity index (χ4v) is 5.20. The molecule has 0 spiro atoms. The first-order valence-electron chi connectivity index (χ1n) is 8.76. The van der Waals surface area contributed by atoms with Crippen LogP contribution >= 0.6 is 11.8 Å². The topological polar surface area (TPSA) is 62.8 Å². The van der Waals surface area contributed by atoms with Crippen LogP contribution in [0.1, 0.15) is 26.2 Å². The van der Waals surface area contributed by atoms with Crippen LogP contribution in [0.25, 0.3) is 0 Å². The number of carbonyl (C=O) groups is 1. The molecular weight excluding hydrogens is 314 g/mol. The first kappa shape index (κ1) is 17.3. The molecule has 3 aliphatic heterocycles. The Morgan fingerprint density at radius 2 is 2.22 bits per heavy atom. The third-order valence-corrected chi connectivity index (χ3v) is 6.46. The van der Waals surface area contributed by atoms with Crippen molar-refractivity contribution in [3.05, 3.63) is 0 Å². The molecule has 0 aromatic heterocycles. The van der Waals surface area contributed by atoms with Crippen LogP contribution in [-0.2, 0) is 9.47 Å². The molecule has 0 aliphatic carbocycles. The Bertz CT molecular complexity index is 392. The molecule has 23 heavy (non-hydrogen) atoms. The van der Waals surface area contributed by atoms with E-state index in [1.54, 1.807) is 0 Å². The van der Waals surface area contributed by atoms with Crippen molar-refractivity contribution in [2.45, 2.75) is 43.9 Å². The highest BCUT2D eigenvalue weighted by Gasteiger charge is 2.41. The number of rotatable bonds is 5. The number of hydrogen-bond acceptors (Lipinski definition) is 5. The minimum atomic E-state index is -0.0717. The lowest BCUT2D eigenvalue weighted by molar-refractivity contribution is -0.0125. The van der Waals surface area contributed by atoms with E-state index >= 15 is 0 Å². The molecule has 3 fully saturated rings. The first-order valence-corrected chi connectivity index (χ1v) is 9.92. The van der Waals surface area contributed by atoms with Crippen molar-refractivity contribution in [1.82, 2.24) is 15.5 Å². The molecular formula is C16H29N3O3S. The second-order valence-corrected chi connectivity index (χ2v) is 7.90. The Labute approximate surface area is 143 Å². The van der Waals surface area contributed by atoms with Gasteiger partial charge < -0.3 is 20.1 Å². The van der Waals surface area contributed by atoms with Gasteiger partial charge in [0.15, 0.2) is 0 Å². The normalized spacial score (nSPS) is 33.5. The monoisotopic (exact) mass is 343 g/mol. The predicted molar refractivity (Wildman–Crippen MR) is 92.0 cm³/mol. The number of hydrogen-bond donors (Lipinski definition) is 2. The van der Waals surface area contributed by atoms with Crippen LogP contribution in [0.4, 0.5) is 4.79 Å². The third-order valence-electron chi connectivity index (χ3n) is 5.22. The van der Waals surface area contributed by atoms with Crippen LogP contribution in [0.5, 0.6) is 0 Å². The van der Waals surface area contributed by atoms with Crippen molar-refractivity contribution in [2.75, 3.05) is 51.0 Å². The second kappa shape index (κ2) is 8.05. The maximum atomic E-state index is 12.3. The van der Waals surface area contributed by atoms with Gasteiger partial charge in [0.2, 0.25) is 0 Å². The van der Waals surface area contributed by atoms with E-state index in [4.69, 9.17) is 9.47 Å². The van der Waals surface area contributed by atoms with E-state index in [2.05, 4.69) is 15.5 Å². The summed E-state index contributed by atoms with van der Waals surface area (Å²) < 4.78 is 11.1. The summed E-state index contributed by atoms with van der Waals surface area (Å²) in [7, 11) is 0. The average Bonchev–Trinajstić information content (AvgIpc) is 3.26. The zero-order valence-electron chi connectivity index (χ0n) is 14.0. The molecule has 3 saturated heterocycles. The molecule has 0 saturated carbocycles. The van der Waals surface area contributed by atoms with E-state index in [0.717, 1.165) is 57.9 Å². The highest BCUT2D eigenvalue weighted by molar-refractivity contribution is 7.99. The van der Waals surface area contributed by atoms with E-state index in [1.165, 1.54) is 5.75 Å². The van der Waals surface area contributed by atoms with Gasteiger partial charge in [-0.2, -0.15) is 11.8 Å². The van der Waals surface area contributed by atoms with Gasteiger partial charge in [0.1, 0.15) is 0 Å². The Kier molecular flexibility index (Phi) is 6.07. The Morgan fingerprint density at radius 1 is 1.39 bits per heavy atom. The molecule has 3 heterocycles. The van der Waals surface area contributed by atoms with Crippen molar-refractivity contribution in [1.29, 1.82) is 0 Å². The summed E-state index contributed by atoms with van der Waals surface area (Å²) in [6.45, 7) is 7.09. The van der Waals surface area contributed by atoms with Gasteiger partial charge in [-0.15, -0.1) is 0 Å². The average molecular weight is 343 g/mol. The molecule has 6 nitrogen and oxygen atoms in total. The molecule has 3 atom stereocenters. The lowest BCUT2D eigenvalue weighted by atomic mass is 9.95. The van der Waals surface area contributed by atoms with Crippen molar-refractivity contribution >= 4 is 17.8 Å². The number of nitrogens with one attached hydrogen (secondary N) is 2. The first-order chi connectivity index (χ1) is 11.2. The van der Waals surface area contributed by atoms with Gasteiger partial charge in [0, 0.05) is 37.5 Å². The van der Waals surface area contributed by atoms with Crippen LogP contribution in [0.15, 0.2) is 0 Å². The standard InChI is InChI=1S/C16H29N3O3S/c1-13(14-3-2-7-22-14)18-15(20)17-11-16(4-10-23-12-16)19-5-8-21-9-6-19/h13-14H,2-12H2,1H3,(H2,17,18,20)/t13-,14-,16-/m0/s1. The summed E-state index contributed by atoms with van der Waals surface area (Å²) >= 11 is 1.99. The van der Waals surface area contributed by atoms with Crippen molar-refractivity contribution < 1.29 is 14.3 Å². The molecule has 2 amide bonds. The van der Waals surface area contributed by atoms with Gasteiger partial charge in [-0.05, 0) is 31.9 Å². The summed E-state index contributed by atoms with van der Waals surface area (Å²) in [5.41, 5.74) is 0.0961. The smallest absolute Gasteiger partial charge is 0.315 e. The van der Waals surface area contributed by atoms with E-state index in [0.29, 0.717) is 6.54 Å². The molecule has 2 N–H and O–H groups in total. The summed E-state index contributed by atoms with van der Waals surface area (Å²) in [5, 5.41) is 6.16. The van der Waals surface area contributed by atoms with Crippen molar-refractivity contribution in [3.8, 4) is 0 Å². The molecule has 0 aromatic rings. The second-order valence-electron chi connectivity index (χ2n) is 6.79. The molecule has 7 heteroatoms. The van der Waals surface area contributed by atoms with Gasteiger partial charge in [0.25, 0.3) is 0 Å². The molecule has 132 valence electrons. The molecule has 0 unspecified atom stereocenters. The molecule has 0 bridgehead atoms. The SMILES string of the molecule is C[C@H](NC(=O)NC[C@@]1(N2CCOCC2)CCSC1)[C@@H]1CCCO1. The molecule has 3 aliphatic rings. The maximum absolute atomic E-state index is 12.3. The van der Waals surface area contributed by atoms with Crippen LogP contribution in [0, 0.1) is 0 Å². The number of carbonyl (C=O) groups excluding carboxylic acids is 1. The third kappa shape index (κ3) is 4.32. The summed E-state index contributed by atoms with van der Waals surface area (Å²) in [4.78, 5) is 14.8. The van der Waals surface area contributed by atoms with E-state index in [1.807, 2.05) is 18.7 Å². The highest BCUT2D eigenvalue weighted by atomic mass is 32.2. The largest absolute Gasteiger partial charge is 0.379 e. The number of amides is 2. The summed E-state index contributed by atoms with van der Waals surface area (Å²) in [5.74, 6) is 2.27. The number of ether oxygens (including phenoxy) is 2. The quantitative estimate of drug-likeness (QED) is 0.782. The Morgan fingerprint density at radius 3 is 2.87 bits per heavy atom. The van der Waals surface area contributed by atoms with Crippen molar-refractivity contribution in [2.24, 2.45) is 0 Å². The zero-order valence-corrected chi connectivity index (χ0v) is 14.8. The highest BCUT2D eigenvalue weighted by Crippen LogP contribution is 2.33. The number of urea groups is 1. The lowest BCUT2D eigenvalue weighted by Crippen LogP contribution is -2.60. The molecule has 0 aromatic carbocycles. The van der Waals surface area contributed by atoms with Gasteiger partial charge >= 0.3 is 6.03 Å². The fraction of sp³-hybridized carbons (Fsp3) is 0.938. The minimum Gasteiger partial charge on any atom is -0.379 e. The fourth-order valence-electron chi connectivity index (χ4n) is 3.73. The van der Waals surface area contributed by atoms with Gasteiger partial charge in [0.05, 0.1) is 25.4 Å². The maximum Gasteiger partial charge on any atom is 0.315 e. The van der Waals surface area contributed by atoms with Crippen LogP contribution in [0.3, 0.4) is 0 Å². The van der Waals surface area contributed by atoms with Gasteiger partial charge in [-0.3, -0.25) is 4.90 Å². The van der Waals surface area contributed by atoms with E-state index in [9.17, 15) is 4.79 Å². The predicted octanol–water partition coefficient (Wildman–Crippen LogP) is 1.06. The minimum absolute atomic E-state index is 0.0646. The van der Waals surface area contributed by atoms with Crippen molar-refractivity contribution in [3.63, 3.8) is 0 Å². The van der Waals surface area contributed by atoms with E-state index < -0.39 is 0 Å². The van der Waals surface area contributed by atoms with E-state index in [-0.39, 0.29) is 23.7 Å². The van der Waals surface area contributed by atoms with Crippen LogP contribution < -0.4 is 10.6 Å². The number of nitrogens with zero attached hydrogens (tertiary/aromatic N) is 1.